The Balaban J connectivity index is 1.66. The lowest BCUT2D eigenvalue weighted by atomic mass is 10.1. The Bertz CT molecular complexity index is 654. The van der Waals surface area contributed by atoms with Gasteiger partial charge in [0.2, 0.25) is 0 Å². The van der Waals surface area contributed by atoms with Crippen LogP contribution in [0.2, 0.25) is 12.1 Å². The molecule has 1 unspecified atom stereocenters. The Hall–Kier alpha value is -1.62. The van der Waals surface area contributed by atoms with Crippen molar-refractivity contribution < 1.29 is 9.53 Å². The molecule has 0 bridgehead atoms. The summed E-state index contributed by atoms with van der Waals surface area (Å²) in [5.74, 6) is 0.877. The molecule has 140 valence electrons. The van der Waals surface area contributed by atoms with Gasteiger partial charge in [-0.2, -0.15) is 0 Å². The highest BCUT2D eigenvalue weighted by molar-refractivity contribution is 6.74. The van der Waals surface area contributed by atoms with Gasteiger partial charge in [-0.25, -0.2) is 0 Å². The average Bonchev–Trinajstić information content (AvgIpc) is 2.69. The summed E-state index contributed by atoms with van der Waals surface area (Å²) in [6.07, 6.45) is 4.65. The van der Waals surface area contributed by atoms with Crippen LogP contribution in [0.15, 0.2) is 54.6 Å². The summed E-state index contributed by atoms with van der Waals surface area (Å²) in [6, 6.07) is 21.0. The van der Waals surface area contributed by atoms with E-state index in [1.54, 1.807) is 7.11 Å². The minimum atomic E-state index is -2.27. The fourth-order valence-electron chi connectivity index (χ4n) is 4.09. The van der Waals surface area contributed by atoms with Gasteiger partial charge in [0.1, 0.15) is 5.75 Å². The van der Waals surface area contributed by atoms with Crippen molar-refractivity contribution in [1.29, 1.82) is 0 Å². The summed E-state index contributed by atoms with van der Waals surface area (Å²) in [5.41, 5.74) is 2.87. The zero-order valence-electron chi connectivity index (χ0n) is 15.8. The van der Waals surface area contributed by atoms with E-state index in [4.69, 9.17) is 4.74 Å². The van der Waals surface area contributed by atoms with E-state index in [0.29, 0.717) is 0 Å². The van der Waals surface area contributed by atoms with Crippen molar-refractivity contribution in [3.8, 4) is 5.75 Å². The van der Waals surface area contributed by atoms with Gasteiger partial charge in [0.25, 0.3) is 0 Å². The molecule has 1 aliphatic heterocycles. The quantitative estimate of drug-likeness (QED) is 0.539. The van der Waals surface area contributed by atoms with Crippen LogP contribution in [0.3, 0.4) is 0 Å². The normalized spacial score (nSPS) is 17.6. The molecule has 1 atom stereocenters. The third-order valence-electron chi connectivity index (χ3n) is 5.67. The van der Waals surface area contributed by atoms with E-state index in [1.807, 2.05) is 12.1 Å². The molecule has 3 nitrogen and oxygen atoms in total. The molecule has 0 radical (unpaired) electrons. The third kappa shape index (κ3) is 4.97. The first-order chi connectivity index (χ1) is 12.7. The average molecular weight is 370 g/mol. The van der Waals surface area contributed by atoms with Gasteiger partial charge in [-0.3, -0.25) is 0 Å². The van der Waals surface area contributed by atoms with Crippen LogP contribution in [0, 0.1) is 0 Å². The third-order valence-corrected chi connectivity index (χ3v) is 9.94. The van der Waals surface area contributed by atoms with E-state index >= 15 is 0 Å². The van der Waals surface area contributed by atoms with Crippen LogP contribution in [0.25, 0.3) is 0 Å². The van der Waals surface area contributed by atoms with Gasteiger partial charge >= 0.3 is 0 Å². The number of rotatable bonds is 8. The maximum Gasteiger partial charge on any atom is 0.197 e. The van der Waals surface area contributed by atoms with Gasteiger partial charge < -0.3 is 14.8 Å². The Morgan fingerprint density at radius 1 is 1.00 bits per heavy atom. The first-order valence-electron chi connectivity index (χ1n) is 9.82. The summed E-state index contributed by atoms with van der Waals surface area (Å²) in [7, 11) is -0.572. The summed E-state index contributed by atoms with van der Waals surface area (Å²) >= 11 is 0. The number of benzene rings is 2. The van der Waals surface area contributed by atoms with Gasteiger partial charge in [0.05, 0.1) is 7.11 Å². The fraction of sp³-hybridized carbons (Fsp3) is 0.455. The lowest BCUT2D eigenvalue weighted by molar-refractivity contribution is 0.414. The number of hydrogen-bond acceptors (Lipinski definition) is 3. The van der Waals surface area contributed by atoms with E-state index in [1.165, 1.54) is 30.4 Å². The predicted octanol–water partition coefficient (Wildman–Crippen LogP) is 4.27. The van der Waals surface area contributed by atoms with Crippen LogP contribution in [0.1, 0.15) is 35.9 Å². The van der Waals surface area contributed by atoms with Crippen LogP contribution in [0.5, 0.6) is 5.75 Å². The Morgan fingerprint density at radius 3 is 2.35 bits per heavy atom. The van der Waals surface area contributed by atoms with Gasteiger partial charge in [-0.1, -0.05) is 61.7 Å². The molecule has 1 saturated heterocycles. The molecule has 0 aliphatic carbocycles. The predicted molar refractivity (Wildman–Crippen MR) is 110 cm³/mol. The number of nitrogens with one attached hydrogen (secondary N) is 1. The minimum Gasteiger partial charge on any atom is -0.497 e. The van der Waals surface area contributed by atoms with Crippen molar-refractivity contribution in [1.82, 2.24) is 5.32 Å². The van der Waals surface area contributed by atoms with E-state index in [9.17, 15) is 4.80 Å². The van der Waals surface area contributed by atoms with Crippen LogP contribution in [-0.4, -0.2) is 33.3 Å². The first-order valence-corrected chi connectivity index (χ1v) is 12.3. The van der Waals surface area contributed by atoms with E-state index in [-0.39, 0.29) is 5.54 Å². The molecule has 2 N–H and O–H groups in total. The highest BCUT2D eigenvalue weighted by Gasteiger charge is 2.41. The second-order valence-corrected chi connectivity index (χ2v) is 11.3. The van der Waals surface area contributed by atoms with Crippen LogP contribution in [-0.2, 0) is 6.42 Å². The van der Waals surface area contributed by atoms with Crippen LogP contribution >= 0.6 is 0 Å². The monoisotopic (exact) mass is 369 g/mol. The molecule has 0 saturated carbocycles. The Labute approximate surface area is 158 Å². The highest BCUT2D eigenvalue weighted by Crippen LogP contribution is 2.37. The summed E-state index contributed by atoms with van der Waals surface area (Å²) < 4.78 is 5.30. The lowest BCUT2D eigenvalue weighted by Gasteiger charge is -2.37. The van der Waals surface area contributed by atoms with E-state index < -0.39 is 8.32 Å². The maximum atomic E-state index is 11.5. The molecule has 4 heteroatoms. The SMILES string of the molecule is COc1ccc(C(CNCCc2ccccc2)[Si]2(O)CCCCC2)cc1. The van der Waals surface area contributed by atoms with E-state index in [2.05, 4.69) is 47.8 Å². The Morgan fingerprint density at radius 2 is 1.69 bits per heavy atom. The molecule has 2 aromatic rings. The molecule has 26 heavy (non-hydrogen) atoms. The van der Waals surface area contributed by atoms with Crippen molar-refractivity contribution >= 4 is 8.32 Å². The molecule has 3 rings (SSSR count). The number of hydrogen-bond donors (Lipinski definition) is 2. The van der Waals surface area contributed by atoms with Crippen LogP contribution in [0.4, 0.5) is 0 Å². The van der Waals surface area contributed by atoms with Gasteiger partial charge in [0.15, 0.2) is 8.32 Å². The molecule has 2 aromatic carbocycles. The van der Waals surface area contributed by atoms with Crippen molar-refractivity contribution in [2.45, 2.75) is 43.3 Å². The maximum absolute atomic E-state index is 11.5. The van der Waals surface area contributed by atoms with Gasteiger partial charge in [0, 0.05) is 12.1 Å². The summed E-state index contributed by atoms with van der Waals surface area (Å²) in [6.45, 7) is 1.81. The topological polar surface area (TPSA) is 41.5 Å². The smallest absolute Gasteiger partial charge is 0.197 e. The standard InChI is InChI=1S/C22H31NO2Si/c1-25-21-12-10-20(11-13-21)22(26(24)16-6-3-7-17-26)18-23-15-14-19-8-4-2-5-9-19/h2,4-5,8-13,22-24H,3,6-7,14-18H2,1H3. The summed E-state index contributed by atoms with van der Waals surface area (Å²) in [5, 5.41) is 3.63. The van der Waals surface area contributed by atoms with Crippen LogP contribution < -0.4 is 10.1 Å². The van der Waals surface area contributed by atoms with Crippen molar-refractivity contribution in [2.24, 2.45) is 0 Å². The van der Waals surface area contributed by atoms with E-state index in [0.717, 1.165) is 37.3 Å². The number of ether oxygens (including phenoxy) is 1. The second-order valence-electron chi connectivity index (χ2n) is 7.43. The molecule has 0 amide bonds. The number of methoxy groups -OCH3 is 1. The van der Waals surface area contributed by atoms with Gasteiger partial charge in [-0.05, 0) is 48.3 Å². The molecule has 1 fully saturated rings. The van der Waals surface area contributed by atoms with Gasteiger partial charge in [-0.15, -0.1) is 0 Å². The molecular weight excluding hydrogens is 338 g/mol. The zero-order valence-corrected chi connectivity index (χ0v) is 16.8. The lowest BCUT2D eigenvalue weighted by Crippen LogP contribution is -2.48. The molecule has 1 heterocycles. The molecule has 0 aromatic heterocycles. The van der Waals surface area contributed by atoms with Crippen molar-refractivity contribution in [3.63, 3.8) is 0 Å². The fourth-order valence-corrected chi connectivity index (χ4v) is 8.10. The minimum absolute atomic E-state index is 0.254. The second kappa shape index (κ2) is 9.35. The Kier molecular flexibility index (Phi) is 6.89. The van der Waals surface area contributed by atoms with Crippen molar-refractivity contribution in [3.05, 3.63) is 65.7 Å². The summed E-state index contributed by atoms with van der Waals surface area (Å²) in [4.78, 5) is 11.5. The molecule has 0 spiro atoms. The first kappa shape index (κ1) is 19.1. The largest absolute Gasteiger partial charge is 0.497 e. The van der Waals surface area contributed by atoms with Crippen molar-refractivity contribution in [2.75, 3.05) is 20.2 Å². The highest BCUT2D eigenvalue weighted by atomic mass is 28.4. The molecular formula is C22H31NO2Si. The zero-order chi connectivity index (χ0) is 18.2. The molecule has 1 aliphatic rings.